The van der Waals surface area contributed by atoms with Crippen LogP contribution in [0.25, 0.3) is 0 Å². The smallest absolute Gasteiger partial charge is 0.223 e. The van der Waals surface area contributed by atoms with E-state index in [1.165, 1.54) is 5.01 Å². The summed E-state index contributed by atoms with van der Waals surface area (Å²) in [4.78, 5) is 18.3. The van der Waals surface area contributed by atoms with Gasteiger partial charge < -0.3 is 10.2 Å². The summed E-state index contributed by atoms with van der Waals surface area (Å²) in [5, 5.41) is 6.21. The average Bonchev–Trinajstić information content (AvgIpc) is 2.90. The molecule has 1 unspecified atom stereocenters. The van der Waals surface area contributed by atoms with Crippen LogP contribution in [0.1, 0.15) is 30.2 Å². The molecule has 4 nitrogen and oxygen atoms in total. The van der Waals surface area contributed by atoms with E-state index in [2.05, 4.69) is 10.3 Å². The minimum absolute atomic E-state index is 0. The van der Waals surface area contributed by atoms with Crippen molar-refractivity contribution in [2.24, 2.45) is 0 Å². The number of nitrogens with one attached hydrogen (secondary N) is 1. The maximum Gasteiger partial charge on any atom is 0.223 e. The Morgan fingerprint density at radius 1 is 1.58 bits per heavy atom. The molecule has 1 amide bonds. The minimum atomic E-state index is 0. The number of aromatic nitrogens is 1. The van der Waals surface area contributed by atoms with E-state index in [9.17, 15) is 4.79 Å². The molecule has 0 radical (unpaired) electrons. The van der Waals surface area contributed by atoms with E-state index in [-0.39, 0.29) is 30.7 Å². The van der Waals surface area contributed by atoms with Gasteiger partial charge in [-0.1, -0.05) is 0 Å². The third-order valence-electron chi connectivity index (χ3n) is 3.16. The van der Waals surface area contributed by atoms with Gasteiger partial charge in [-0.05, 0) is 19.9 Å². The number of piperidine rings is 1. The van der Waals surface area contributed by atoms with Gasteiger partial charge in [-0.15, -0.1) is 36.2 Å². The lowest BCUT2D eigenvalue weighted by atomic mass is 9.98. The van der Waals surface area contributed by atoms with E-state index in [0.717, 1.165) is 32.5 Å². The summed E-state index contributed by atoms with van der Waals surface area (Å²) in [5.74, 6) is 0.711. The first-order chi connectivity index (χ1) is 8.31. The number of halogens is 2. The van der Waals surface area contributed by atoms with Crippen LogP contribution in [0.2, 0.25) is 0 Å². The lowest BCUT2D eigenvalue weighted by molar-refractivity contribution is -0.132. The number of carbonyl (C=O) groups excluding carboxylic acids is 1. The van der Waals surface area contributed by atoms with Crippen molar-refractivity contribution in [3.05, 3.63) is 16.6 Å². The molecular formula is C12H21Cl2N3OS. The van der Waals surface area contributed by atoms with Crippen LogP contribution >= 0.6 is 36.2 Å². The third kappa shape index (κ3) is 5.26. The largest absolute Gasteiger partial charge is 0.342 e. The van der Waals surface area contributed by atoms with Crippen molar-refractivity contribution in [3.63, 3.8) is 0 Å². The van der Waals surface area contributed by atoms with E-state index < -0.39 is 0 Å². The third-order valence-corrected chi connectivity index (χ3v) is 4.10. The Morgan fingerprint density at radius 2 is 2.37 bits per heavy atom. The molecule has 1 N–H and O–H groups in total. The number of amides is 1. The quantitative estimate of drug-likeness (QED) is 0.923. The molecule has 110 valence electrons. The monoisotopic (exact) mass is 325 g/mol. The van der Waals surface area contributed by atoms with Gasteiger partial charge in [0.1, 0.15) is 0 Å². The molecule has 1 aromatic rings. The van der Waals surface area contributed by atoms with Crippen molar-refractivity contribution in [2.75, 3.05) is 26.7 Å². The Balaban J connectivity index is 0.00000162. The summed E-state index contributed by atoms with van der Waals surface area (Å²) in [5.41, 5.74) is 0. The lowest BCUT2D eigenvalue weighted by Crippen LogP contribution is -2.40. The van der Waals surface area contributed by atoms with Crippen molar-refractivity contribution in [1.82, 2.24) is 15.2 Å². The first kappa shape index (κ1) is 18.6. The number of hydrogen-bond donors (Lipinski definition) is 1. The van der Waals surface area contributed by atoms with Gasteiger partial charge in [0.05, 0.1) is 5.01 Å². The van der Waals surface area contributed by atoms with Crippen LogP contribution in [-0.2, 0) is 4.79 Å². The summed E-state index contributed by atoms with van der Waals surface area (Å²) in [6, 6.07) is 0. The molecule has 0 aromatic carbocycles. The molecule has 1 aliphatic rings. The second-order valence-electron chi connectivity index (χ2n) is 4.40. The van der Waals surface area contributed by atoms with Crippen LogP contribution in [0.3, 0.4) is 0 Å². The average molecular weight is 326 g/mol. The molecule has 19 heavy (non-hydrogen) atoms. The highest BCUT2D eigenvalue weighted by atomic mass is 35.5. The molecular weight excluding hydrogens is 305 g/mol. The molecule has 0 bridgehead atoms. The number of nitrogens with zero attached hydrogens (tertiary/aromatic N) is 2. The fourth-order valence-electron chi connectivity index (χ4n) is 2.23. The van der Waals surface area contributed by atoms with Gasteiger partial charge in [0.2, 0.25) is 5.91 Å². The second kappa shape index (κ2) is 9.53. The van der Waals surface area contributed by atoms with Crippen molar-refractivity contribution in [1.29, 1.82) is 0 Å². The van der Waals surface area contributed by atoms with Gasteiger partial charge in [-0.25, -0.2) is 4.98 Å². The van der Waals surface area contributed by atoms with Gasteiger partial charge >= 0.3 is 0 Å². The number of carbonyl (C=O) groups is 1. The first-order valence-electron chi connectivity index (χ1n) is 6.13. The van der Waals surface area contributed by atoms with Crippen molar-refractivity contribution < 1.29 is 4.79 Å². The lowest BCUT2D eigenvalue weighted by Gasteiger charge is -2.31. The summed E-state index contributed by atoms with van der Waals surface area (Å²) in [7, 11) is 1.88. The summed E-state index contributed by atoms with van der Waals surface area (Å²) < 4.78 is 0. The zero-order valence-electron chi connectivity index (χ0n) is 11.0. The van der Waals surface area contributed by atoms with Crippen LogP contribution in [0, 0.1) is 0 Å². The maximum absolute atomic E-state index is 11.9. The molecule has 1 saturated heterocycles. The molecule has 1 fully saturated rings. The minimum Gasteiger partial charge on any atom is -0.342 e. The fourth-order valence-corrected chi connectivity index (χ4v) is 3.00. The SMILES string of the molecule is CNCCC(=O)N1CCCC(c2nccs2)C1.Cl.Cl. The van der Waals surface area contributed by atoms with Crippen molar-refractivity contribution in [2.45, 2.75) is 25.2 Å². The Kier molecular flexibility index (Phi) is 9.35. The highest BCUT2D eigenvalue weighted by Crippen LogP contribution is 2.28. The molecule has 7 heteroatoms. The predicted molar refractivity (Wildman–Crippen MR) is 83.7 cm³/mol. The Hall–Kier alpha value is -0.360. The molecule has 1 aromatic heterocycles. The van der Waals surface area contributed by atoms with Crippen LogP contribution in [0.5, 0.6) is 0 Å². The van der Waals surface area contributed by atoms with Crippen LogP contribution in [-0.4, -0.2) is 42.5 Å². The van der Waals surface area contributed by atoms with E-state index in [0.29, 0.717) is 12.3 Å². The number of rotatable bonds is 4. The normalized spacial score (nSPS) is 18.4. The predicted octanol–water partition coefficient (Wildman–Crippen LogP) is 2.30. The number of hydrogen-bond acceptors (Lipinski definition) is 4. The summed E-state index contributed by atoms with van der Waals surface area (Å²) in [6.07, 6.45) is 4.70. The first-order valence-corrected chi connectivity index (χ1v) is 7.01. The van der Waals surface area contributed by atoms with Crippen molar-refractivity contribution in [3.8, 4) is 0 Å². The maximum atomic E-state index is 11.9. The highest BCUT2D eigenvalue weighted by Gasteiger charge is 2.25. The topological polar surface area (TPSA) is 45.2 Å². The Bertz CT molecular complexity index is 362. The van der Waals surface area contributed by atoms with E-state index >= 15 is 0 Å². The van der Waals surface area contributed by atoms with E-state index in [4.69, 9.17) is 0 Å². The molecule has 2 rings (SSSR count). The molecule has 1 aliphatic heterocycles. The van der Waals surface area contributed by atoms with E-state index in [1.54, 1.807) is 11.3 Å². The molecule has 2 heterocycles. The zero-order valence-corrected chi connectivity index (χ0v) is 13.5. The Labute approximate surface area is 130 Å². The standard InChI is InChI=1S/C12H19N3OS.2ClH/c1-13-5-4-11(16)15-7-2-3-10(9-15)12-14-6-8-17-12;;/h6,8,10,13H,2-5,7,9H2,1H3;2*1H. The number of thiazole rings is 1. The molecule has 0 spiro atoms. The van der Waals surface area contributed by atoms with Gasteiger partial charge in [-0.2, -0.15) is 0 Å². The summed E-state index contributed by atoms with van der Waals surface area (Å²) >= 11 is 1.70. The van der Waals surface area contributed by atoms with Crippen molar-refractivity contribution >= 4 is 42.1 Å². The molecule has 1 atom stereocenters. The molecule has 0 saturated carbocycles. The zero-order chi connectivity index (χ0) is 12.1. The van der Waals surface area contributed by atoms with Gasteiger partial charge in [0.15, 0.2) is 0 Å². The fraction of sp³-hybridized carbons (Fsp3) is 0.667. The van der Waals surface area contributed by atoms with Gasteiger partial charge in [-0.3, -0.25) is 4.79 Å². The van der Waals surface area contributed by atoms with Crippen LogP contribution in [0.4, 0.5) is 0 Å². The Morgan fingerprint density at radius 3 is 3.00 bits per heavy atom. The van der Waals surface area contributed by atoms with Crippen LogP contribution in [0.15, 0.2) is 11.6 Å². The molecule has 0 aliphatic carbocycles. The highest BCUT2D eigenvalue weighted by molar-refractivity contribution is 7.09. The second-order valence-corrected chi connectivity index (χ2v) is 5.33. The van der Waals surface area contributed by atoms with Gasteiger partial charge in [0, 0.05) is 43.5 Å². The summed E-state index contributed by atoms with van der Waals surface area (Å²) in [6.45, 7) is 2.51. The van der Waals surface area contributed by atoms with E-state index in [1.807, 2.05) is 23.5 Å². The van der Waals surface area contributed by atoms with Crippen LogP contribution < -0.4 is 5.32 Å². The van der Waals surface area contributed by atoms with Gasteiger partial charge in [0.25, 0.3) is 0 Å². The number of likely N-dealkylation sites (tertiary alicyclic amines) is 1.